The van der Waals surface area contributed by atoms with Crippen molar-refractivity contribution in [1.29, 1.82) is 0 Å². The SMILES string of the molecule is CCCCCCOC(=O)C12OC1(CC=C(C)CC1(C3CCNC(N)C3)CCCNC(=NC)N1)C(=O)C1CCCCC1C2=O. The standard InChI is InChI=1S/C33H53N5O5/c1-4-5-6-9-19-42-29(41)33-28(40)25-12-8-7-11-24(25)27(39)32(33,43-33)16-13-22(2)21-31(23-14-18-36-26(34)20-23)15-10-17-37-30(35-3)38-31/h13,23-26,36H,4-12,14-21,34H2,1-3H3,(H2,35,37,38). The summed E-state index contributed by atoms with van der Waals surface area (Å²) in [6, 6.07) is 0. The summed E-state index contributed by atoms with van der Waals surface area (Å²) >= 11 is 0. The highest BCUT2D eigenvalue weighted by Gasteiger charge is 2.86. The molecule has 240 valence electrons. The Morgan fingerprint density at radius 2 is 1.86 bits per heavy atom. The van der Waals surface area contributed by atoms with Crippen molar-refractivity contribution in [3.05, 3.63) is 11.6 Å². The third-order valence-electron chi connectivity index (χ3n) is 10.8. The molecule has 0 amide bonds. The van der Waals surface area contributed by atoms with Gasteiger partial charge in [0.15, 0.2) is 23.1 Å². The highest BCUT2D eigenvalue weighted by atomic mass is 16.7. The fourth-order valence-electron chi connectivity index (χ4n) is 8.43. The van der Waals surface area contributed by atoms with Gasteiger partial charge in [-0.2, -0.15) is 0 Å². The van der Waals surface area contributed by atoms with Crippen molar-refractivity contribution < 1.29 is 23.9 Å². The van der Waals surface area contributed by atoms with Crippen LogP contribution in [0.15, 0.2) is 16.6 Å². The van der Waals surface area contributed by atoms with Gasteiger partial charge in [0, 0.05) is 37.4 Å². The molecule has 10 nitrogen and oxygen atoms in total. The van der Waals surface area contributed by atoms with Gasteiger partial charge in [-0.3, -0.25) is 14.6 Å². The summed E-state index contributed by atoms with van der Waals surface area (Å²) in [6.07, 6.45) is 13.7. The molecule has 10 heteroatoms. The number of nitrogens with zero attached hydrogens (tertiary/aromatic N) is 1. The zero-order valence-corrected chi connectivity index (χ0v) is 26.5. The predicted octanol–water partition coefficient (Wildman–Crippen LogP) is 3.28. The van der Waals surface area contributed by atoms with Crippen LogP contribution >= 0.6 is 0 Å². The van der Waals surface area contributed by atoms with E-state index < -0.39 is 23.1 Å². The van der Waals surface area contributed by atoms with E-state index in [0.29, 0.717) is 18.8 Å². The van der Waals surface area contributed by atoms with Gasteiger partial charge in [-0.05, 0) is 70.8 Å². The number of rotatable bonds is 11. The topological polar surface area (TPSA) is 147 Å². The summed E-state index contributed by atoms with van der Waals surface area (Å²) in [5.74, 6) is -0.681. The van der Waals surface area contributed by atoms with E-state index in [-0.39, 0.29) is 42.2 Å². The highest BCUT2D eigenvalue weighted by Crippen LogP contribution is 2.61. The van der Waals surface area contributed by atoms with Crippen LogP contribution in [0.2, 0.25) is 0 Å². The molecule has 0 aromatic heterocycles. The van der Waals surface area contributed by atoms with E-state index in [0.717, 1.165) is 95.3 Å². The summed E-state index contributed by atoms with van der Waals surface area (Å²) in [4.78, 5) is 46.1. The first-order chi connectivity index (χ1) is 20.7. The van der Waals surface area contributed by atoms with Gasteiger partial charge >= 0.3 is 5.97 Å². The largest absolute Gasteiger partial charge is 0.463 e. The van der Waals surface area contributed by atoms with E-state index in [1.807, 2.05) is 6.08 Å². The van der Waals surface area contributed by atoms with Crippen molar-refractivity contribution in [3.8, 4) is 0 Å². The number of esters is 1. The summed E-state index contributed by atoms with van der Waals surface area (Å²) in [6.45, 7) is 6.16. The van der Waals surface area contributed by atoms with Gasteiger partial charge in [0.1, 0.15) is 0 Å². The monoisotopic (exact) mass is 599 g/mol. The zero-order valence-electron chi connectivity index (χ0n) is 26.5. The van der Waals surface area contributed by atoms with Crippen LogP contribution in [0.3, 0.4) is 0 Å². The first kappa shape index (κ1) is 32.1. The number of aliphatic imine (C=N–C) groups is 1. The van der Waals surface area contributed by atoms with Crippen molar-refractivity contribution >= 4 is 23.5 Å². The number of nitrogens with one attached hydrogen (secondary N) is 3. The van der Waals surface area contributed by atoms with Gasteiger partial charge in [0.05, 0.1) is 12.8 Å². The van der Waals surface area contributed by atoms with Crippen molar-refractivity contribution in [2.45, 2.75) is 127 Å². The van der Waals surface area contributed by atoms with Crippen LogP contribution in [0.25, 0.3) is 0 Å². The number of guanidine groups is 1. The average molecular weight is 600 g/mol. The highest BCUT2D eigenvalue weighted by molar-refractivity contribution is 6.23. The number of Topliss-reactive ketones (excluding diaryl/α,β-unsaturated/α-hetero) is 2. The normalized spacial score (nSPS) is 38.8. The van der Waals surface area contributed by atoms with Crippen molar-refractivity contribution in [3.63, 3.8) is 0 Å². The molecule has 0 spiro atoms. The number of carbonyl (C=O) groups excluding carboxylic acids is 3. The molecule has 0 radical (unpaired) electrons. The molecule has 0 bridgehead atoms. The molecule has 5 rings (SSSR count). The summed E-state index contributed by atoms with van der Waals surface area (Å²) < 4.78 is 11.8. The first-order valence-corrected chi connectivity index (χ1v) is 16.8. The molecule has 7 unspecified atom stereocenters. The fraction of sp³-hybridized carbons (Fsp3) is 0.818. The van der Waals surface area contributed by atoms with Crippen LogP contribution in [0.5, 0.6) is 0 Å². The van der Waals surface area contributed by atoms with Crippen molar-refractivity contribution in [2.24, 2.45) is 28.5 Å². The van der Waals surface area contributed by atoms with Gasteiger partial charge in [0.25, 0.3) is 5.60 Å². The number of epoxide rings is 1. The molecule has 3 saturated heterocycles. The zero-order chi connectivity index (χ0) is 30.7. The Labute approximate surface area is 256 Å². The Morgan fingerprint density at radius 1 is 1.09 bits per heavy atom. The number of nitrogens with two attached hydrogens (primary N) is 1. The molecule has 3 heterocycles. The minimum absolute atomic E-state index is 0.0541. The van der Waals surface area contributed by atoms with E-state index >= 15 is 0 Å². The average Bonchev–Trinajstić information content (AvgIpc) is 3.76. The second-order valence-electron chi connectivity index (χ2n) is 13.6. The Morgan fingerprint density at radius 3 is 2.58 bits per heavy atom. The maximum absolute atomic E-state index is 14.1. The molecule has 0 aromatic carbocycles. The lowest BCUT2D eigenvalue weighted by Gasteiger charge is -2.45. The molecular formula is C33H53N5O5. The van der Waals surface area contributed by atoms with Crippen LogP contribution in [0.4, 0.5) is 0 Å². The van der Waals surface area contributed by atoms with Gasteiger partial charge in [-0.1, -0.05) is 50.7 Å². The fourth-order valence-corrected chi connectivity index (χ4v) is 8.43. The molecule has 5 fully saturated rings. The summed E-state index contributed by atoms with van der Waals surface area (Å²) in [5.41, 5.74) is 3.95. The Bertz CT molecular complexity index is 1120. The van der Waals surface area contributed by atoms with E-state index in [2.05, 4.69) is 34.8 Å². The number of ether oxygens (including phenoxy) is 2. The van der Waals surface area contributed by atoms with E-state index in [4.69, 9.17) is 15.2 Å². The van der Waals surface area contributed by atoms with E-state index in [9.17, 15) is 14.4 Å². The lowest BCUT2D eigenvalue weighted by atomic mass is 9.61. The van der Waals surface area contributed by atoms with Gasteiger partial charge in [-0.15, -0.1) is 0 Å². The molecule has 3 aliphatic heterocycles. The third-order valence-corrected chi connectivity index (χ3v) is 10.8. The Balaban J connectivity index is 1.39. The predicted molar refractivity (Wildman–Crippen MR) is 165 cm³/mol. The molecule has 0 aromatic rings. The summed E-state index contributed by atoms with van der Waals surface area (Å²) in [7, 11) is 1.79. The smallest absolute Gasteiger partial charge is 0.349 e. The number of piperidine rings is 1. The molecular weight excluding hydrogens is 546 g/mol. The number of unbranched alkanes of at least 4 members (excludes halogenated alkanes) is 3. The van der Waals surface area contributed by atoms with Crippen molar-refractivity contribution in [1.82, 2.24) is 16.0 Å². The maximum atomic E-state index is 14.1. The van der Waals surface area contributed by atoms with Gasteiger partial charge in [-0.25, -0.2) is 4.79 Å². The minimum atomic E-state index is -1.80. The number of hydrogen-bond acceptors (Lipinski definition) is 8. The van der Waals surface area contributed by atoms with Crippen LogP contribution < -0.4 is 21.7 Å². The Hall–Kier alpha value is -2.30. The second-order valence-corrected chi connectivity index (χ2v) is 13.6. The number of fused-ring (bicyclic) bond motifs is 2. The van der Waals surface area contributed by atoms with Gasteiger partial charge in [0.2, 0.25) is 0 Å². The number of hydrogen-bond donors (Lipinski definition) is 4. The lowest BCUT2D eigenvalue weighted by molar-refractivity contribution is -0.158. The maximum Gasteiger partial charge on any atom is 0.349 e. The first-order valence-electron chi connectivity index (χ1n) is 16.8. The molecule has 5 aliphatic rings. The van der Waals surface area contributed by atoms with Crippen molar-refractivity contribution in [2.75, 3.05) is 26.7 Å². The van der Waals surface area contributed by atoms with E-state index in [1.165, 1.54) is 0 Å². The van der Waals surface area contributed by atoms with Crippen LogP contribution in [0.1, 0.15) is 104 Å². The molecule has 5 N–H and O–H groups in total. The number of carbonyl (C=O) groups is 3. The van der Waals surface area contributed by atoms with Crippen LogP contribution in [-0.2, 0) is 23.9 Å². The minimum Gasteiger partial charge on any atom is -0.463 e. The Kier molecular flexibility index (Phi) is 9.98. The second kappa shape index (κ2) is 13.4. The quantitative estimate of drug-likeness (QED) is 0.0923. The lowest BCUT2D eigenvalue weighted by Crippen LogP contribution is -2.59. The van der Waals surface area contributed by atoms with Gasteiger partial charge < -0.3 is 31.2 Å². The van der Waals surface area contributed by atoms with Crippen LogP contribution in [0, 0.1) is 17.8 Å². The number of ketones is 2. The van der Waals surface area contributed by atoms with Crippen LogP contribution in [-0.4, -0.2) is 73.1 Å². The molecule has 43 heavy (non-hydrogen) atoms. The molecule has 7 atom stereocenters. The third kappa shape index (κ3) is 6.03. The molecule has 2 saturated carbocycles. The summed E-state index contributed by atoms with van der Waals surface area (Å²) in [5, 5.41) is 10.5. The molecule has 2 aliphatic carbocycles. The van der Waals surface area contributed by atoms with E-state index in [1.54, 1.807) is 7.05 Å².